The van der Waals surface area contributed by atoms with Crippen molar-refractivity contribution in [3.8, 4) is 0 Å². The normalized spacial score (nSPS) is 25.6. The van der Waals surface area contributed by atoms with Crippen LogP contribution in [0.3, 0.4) is 0 Å². The molecular weight excluding hydrogens is 550 g/mol. The molecule has 42 heavy (non-hydrogen) atoms. The molecule has 0 aromatic carbocycles. The minimum atomic E-state index is -2.04. The van der Waals surface area contributed by atoms with Gasteiger partial charge in [-0.3, -0.25) is 4.79 Å². The molecule has 9 N–H and O–H groups in total. The second-order valence-corrected chi connectivity index (χ2v) is 11.6. The van der Waals surface area contributed by atoms with Crippen molar-refractivity contribution < 1.29 is 55.1 Å². The quantitative estimate of drug-likeness (QED) is 0.0655. The van der Waals surface area contributed by atoms with Gasteiger partial charge >= 0.3 is 0 Å². The van der Waals surface area contributed by atoms with Crippen LogP contribution >= 0.6 is 0 Å². The molecule has 0 aromatic rings. The van der Waals surface area contributed by atoms with Crippen LogP contribution in [0, 0.1) is 0 Å². The van der Waals surface area contributed by atoms with Gasteiger partial charge in [-0.1, -0.05) is 103 Å². The first-order valence-electron chi connectivity index (χ1n) is 16.1. The molecule has 1 rings (SSSR count). The lowest BCUT2D eigenvalue weighted by atomic mass is 9.98. The van der Waals surface area contributed by atoms with E-state index in [0.717, 1.165) is 19.3 Å². The van der Waals surface area contributed by atoms with Crippen molar-refractivity contribution in [2.24, 2.45) is 0 Å². The van der Waals surface area contributed by atoms with Crippen molar-refractivity contribution in [3.63, 3.8) is 0 Å². The van der Waals surface area contributed by atoms with E-state index in [9.17, 15) is 45.6 Å². The molecule has 1 saturated heterocycles. The van der Waals surface area contributed by atoms with Gasteiger partial charge in [-0.2, -0.15) is 0 Å². The van der Waals surface area contributed by atoms with E-state index in [1.54, 1.807) is 0 Å². The van der Waals surface area contributed by atoms with Crippen LogP contribution in [-0.2, 0) is 14.3 Å². The molecule has 0 bridgehead atoms. The molecule has 1 amide bonds. The second-order valence-electron chi connectivity index (χ2n) is 11.6. The Morgan fingerprint density at radius 2 is 1.21 bits per heavy atom. The van der Waals surface area contributed by atoms with Gasteiger partial charge < -0.3 is 55.6 Å². The number of carbonyl (C=O) groups is 1. The molecule has 1 aliphatic heterocycles. The first-order valence-corrected chi connectivity index (χ1v) is 16.1. The summed E-state index contributed by atoms with van der Waals surface area (Å²) < 4.78 is 10.5. The van der Waals surface area contributed by atoms with Gasteiger partial charge in [0.15, 0.2) is 12.4 Å². The van der Waals surface area contributed by atoms with Gasteiger partial charge in [-0.25, -0.2) is 0 Å². The van der Waals surface area contributed by atoms with Crippen LogP contribution in [-0.4, -0.2) is 122 Å². The Labute approximate surface area is 251 Å². The van der Waals surface area contributed by atoms with Crippen molar-refractivity contribution in [1.29, 1.82) is 0 Å². The lowest BCUT2D eigenvalue weighted by Gasteiger charge is -2.42. The Morgan fingerprint density at radius 3 is 1.67 bits per heavy atom. The summed E-state index contributed by atoms with van der Waals surface area (Å²) in [5, 5.41) is 82.2. The average molecular weight is 610 g/mol. The number of amides is 1. The van der Waals surface area contributed by atoms with E-state index < -0.39 is 74.2 Å². The molecule has 0 saturated carbocycles. The largest absolute Gasteiger partial charge is 0.394 e. The molecular formula is C30H59NO11. The maximum absolute atomic E-state index is 12.4. The highest BCUT2D eigenvalue weighted by Crippen LogP contribution is 2.25. The topological polar surface area (TPSA) is 209 Å². The van der Waals surface area contributed by atoms with Crippen LogP contribution in [0.15, 0.2) is 0 Å². The SMILES string of the molecule is CCCCCCCCCCCCCCCCCCNC(=O)[C@H](O)[C@@H](O)[C@H](O[C@H]1OC(CO)[C@@H](O)[C@H](O)C1O)[C@H](O)CO. The standard InChI is InChI=1S/C30H59NO11/c1-2-3-4-5-6-7-8-9-10-11-12-13-14-15-16-17-18-31-29(40)26(38)25(37)28(21(34)19-32)42-30-27(39)24(36)23(35)22(20-33)41-30/h21-28,30,32-39H,2-20H2,1H3,(H,31,40)/t21-,22?,23-,24+,25-,26-,27?,28-,30-/m1/s1. The van der Waals surface area contributed by atoms with Crippen LogP contribution < -0.4 is 5.32 Å². The van der Waals surface area contributed by atoms with E-state index in [-0.39, 0.29) is 6.54 Å². The summed E-state index contributed by atoms with van der Waals surface area (Å²) in [6.07, 6.45) is 3.54. The third-order valence-corrected chi connectivity index (χ3v) is 7.96. The zero-order valence-electron chi connectivity index (χ0n) is 25.4. The number of rotatable bonds is 25. The summed E-state index contributed by atoms with van der Waals surface area (Å²) >= 11 is 0. The molecule has 1 aliphatic rings. The molecule has 0 aliphatic carbocycles. The van der Waals surface area contributed by atoms with E-state index in [1.807, 2.05) is 0 Å². The van der Waals surface area contributed by atoms with E-state index >= 15 is 0 Å². The molecule has 250 valence electrons. The monoisotopic (exact) mass is 609 g/mol. The number of carbonyl (C=O) groups excluding carboxylic acids is 1. The fourth-order valence-electron chi connectivity index (χ4n) is 5.16. The number of ether oxygens (including phenoxy) is 2. The molecule has 1 fully saturated rings. The predicted octanol–water partition coefficient (Wildman–Crippen LogP) is 0.624. The van der Waals surface area contributed by atoms with Crippen LogP contribution in [0.1, 0.15) is 110 Å². The van der Waals surface area contributed by atoms with E-state index in [0.29, 0.717) is 6.42 Å². The van der Waals surface area contributed by atoms with E-state index in [1.165, 1.54) is 77.0 Å². The molecule has 0 spiro atoms. The highest BCUT2D eigenvalue weighted by molar-refractivity contribution is 5.81. The summed E-state index contributed by atoms with van der Waals surface area (Å²) in [6.45, 7) is 0.866. The van der Waals surface area contributed by atoms with Gasteiger partial charge in [0, 0.05) is 6.54 Å². The highest BCUT2D eigenvalue weighted by atomic mass is 16.7. The summed E-state index contributed by atoms with van der Waals surface area (Å²) in [4.78, 5) is 12.4. The van der Waals surface area contributed by atoms with Gasteiger partial charge in [0.25, 0.3) is 5.91 Å². The van der Waals surface area contributed by atoms with E-state index in [2.05, 4.69) is 12.2 Å². The number of aliphatic hydroxyl groups is 8. The van der Waals surface area contributed by atoms with Crippen molar-refractivity contribution in [1.82, 2.24) is 5.32 Å². The number of aliphatic hydroxyl groups excluding tert-OH is 8. The molecule has 0 aromatic heterocycles. The molecule has 2 unspecified atom stereocenters. The molecule has 0 radical (unpaired) electrons. The Morgan fingerprint density at radius 1 is 0.738 bits per heavy atom. The predicted molar refractivity (Wildman–Crippen MR) is 156 cm³/mol. The molecule has 12 heteroatoms. The van der Waals surface area contributed by atoms with Gasteiger partial charge in [0.1, 0.15) is 42.7 Å². The van der Waals surface area contributed by atoms with E-state index in [4.69, 9.17) is 9.47 Å². The minimum Gasteiger partial charge on any atom is -0.394 e. The number of unbranched alkanes of at least 4 members (excludes halogenated alkanes) is 15. The first kappa shape index (κ1) is 39.1. The third kappa shape index (κ3) is 14.7. The maximum Gasteiger partial charge on any atom is 0.251 e. The Kier molecular flexibility index (Phi) is 21.8. The van der Waals surface area contributed by atoms with Crippen molar-refractivity contribution >= 4 is 5.91 Å². The fraction of sp³-hybridized carbons (Fsp3) is 0.967. The van der Waals surface area contributed by atoms with Crippen molar-refractivity contribution in [2.75, 3.05) is 19.8 Å². The summed E-state index contributed by atoms with van der Waals surface area (Å²) in [5.74, 6) is -0.906. The highest BCUT2D eigenvalue weighted by Gasteiger charge is 2.47. The average Bonchev–Trinajstić information content (AvgIpc) is 2.99. The Hall–Kier alpha value is -0.930. The summed E-state index contributed by atoms with van der Waals surface area (Å²) in [6, 6.07) is 0. The molecule has 1 heterocycles. The second kappa shape index (κ2) is 23.5. The van der Waals surface area contributed by atoms with Crippen LogP contribution in [0.4, 0.5) is 0 Å². The Bertz CT molecular complexity index is 671. The van der Waals surface area contributed by atoms with Crippen molar-refractivity contribution in [3.05, 3.63) is 0 Å². The third-order valence-electron chi connectivity index (χ3n) is 7.96. The lowest BCUT2D eigenvalue weighted by molar-refractivity contribution is -0.326. The van der Waals surface area contributed by atoms with Crippen molar-refractivity contribution in [2.45, 2.75) is 165 Å². The summed E-state index contributed by atoms with van der Waals surface area (Å²) in [5.41, 5.74) is 0. The number of nitrogens with one attached hydrogen (secondary N) is 1. The first-order chi connectivity index (χ1) is 20.2. The maximum atomic E-state index is 12.4. The van der Waals surface area contributed by atoms with Crippen LogP contribution in [0.25, 0.3) is 0 Å². The molecule has 12 nitrogen and oxygen atoms in total. The Balaban J connectivity index is 2.25. The van der Waals surface area contributed by atoms with Crippen LogP contribution in [0.5, 0.6) is 0 Å². The smallest absolute Gasteiger partial charge is 0.251 e. The molecule has 9 atom stereocenters. The van der Waals surface area contributed by atoms with Crippen LogP contribution in [0.2, 0.25) is 0 Å². The zero-order chi connectivity index (χ0) is 31.3. The van der Waals surface area contributed by atoms with Gasteiger partial charge in [-0.15, -0.1) is 0 Å². The van der Waals surface area contributed by atoms with Gasteiger partial charge in [-0.05, 0) is 6.42 Å². The number of hydrogen-bond acceptors (Lipinski definition) is 11. The number of hydrogen-bond donors (Lipinski definition) is 9. The summed E-state index contributed by atoms with van der Waals surface area (Å²) in [7, 11) is 0. The fourth-order valence-corrected chi connectivity index (χ4v) is 5.16. The van der Waals surface area contributed by atoms with Gasteiger partial charge in [0.2, 0.25) is 0 Å². The minimum absolute atomic E-state index is 0.280. The zero-order valence-corrected chi connectivity index (χ0v) is 25.4. The van der Waals surface area contributed by atoms with Gasteiger partial charge in [0.05, 0.1) is 13.2 Å². The lowest BCUT2D eigenvalue weighted by Crippen LogP contribution is -2.62.